The Morgan fingerprint density at radius 3 is 2.87 bits per heavy atom. The molecule has 0 fully saturated rings. The molecule has 1 aliphatic rings. The first kappa shape index (κ1) is 17.3. The summed E-state index contributed by atoms with van der Waals surface area (Å²) < 4.78 is 11.1. The van der Waals surface area contributed by atoms with Crippen molar-refractivity contribution in [3.63, 3.8) is 0 Å². The van der Waals surface area contributed by atoms with Crippen LogP contribution in [0.3, 0.4) is 0 Å². The van der Waals surface area contributed by atoms with Gasteiger partial charge in [0.05, 0.1) is 11.8 Å². The van der Waals surface area contributed by atoms with Crippen LogP contribution in [0.5, 0.6) is 5.75 Å². The third kappa shape index (κ3) is 4.01. The highest BCUT2D eigenvalue weighted by atomic mass is 16.5. The lowest BCUT2D eigenvalue weighted by Crippen LogP contribution is -2.58. The Labute approximate surface area is 136 Å². The number of fused-ring (bicyclic) bond motifs is 1. The van der Waals surface area contributed by atoms with E-state index in [-0.39, 0.29) is 6.10 Å². The number of hydrogen-bond acceptors (Lipinski definition) is 4. The topological polar surface area (TPSA) is 76.7 Å². The normalized spacial score (nSPS) is 19.8. The molecule has 2 amide bonds. The van der Waals surface area contributed by atoms with Gasteiger partial charge in [-0.2, -0.15) is 0 Å². The highest BCUT2D eigenvalue weighted by Gasteiger charge is 2.47. The minimum absolute atomic E-state index is 0.163. The van der Waals surface area contributed by atoms with Gasteiger partial charge in [0.1, 0.15) is 5.75 Å². The van der Waals surface area contributed by atoms with Crippen molar-refractivity contribution in [1.82, 2.24) is 5.32 Å². The first-order valence-corrected chi connectivity index (χ1v) is 7.84. The maximum absolute atomic E-state index is 12.4. The van der Waals surface area contributed by atoms with Gasteiger partial charge in [0.15, 0.2) is 0 Å². The Balaban J connectivity index is 1.96. The highest BCUT2D eigenvalue weighted by molar-refractivity contribution is 6.15. The molecule has 0 saturated heterocycles. The fraction of sp³-hybridized carbons (Fsp3) is 0.529. The zero-order valence-corrected chi connectivity index (χ0v) is 14.1. The van der Waals surface area contributed by atoms with Crippen molar-refractivity contribution in [2.75, 3.05) is 18.5 Å². The van der Waals surface area contributed by atoms with Crippen molar-refractivity contribution in [2.24, 2.45) is 0 Å². The Kier molecular flexibility index (Phi) is 5.26. The summed E-state index contributed by atoms with van der Waals surface area (Å²) in [6, 6.07) is 5.44. The van der Waals surface area contributed by atoms with Crippen molar-refractivity contribution in [3.8, 4) is 5.75 Å². The lowest BCUT2D eigenvalue weighted by molar-refractivity contribution is -0.146. The number of ether oxygens (including phenoxy) is 2. The molecule has 6 heteroatoms. The van der Waals surface area contributed by atoms with Crippen molar-refractivity contribution in [3.05, 3.63) is 23.8 Å². The quantitative estimate of drug-likeness (QED) is 0.621. The summed E-state index contributed by atoms with van der Waals surface area (Å²) in [6.45, 7) is 8.30. The Hall–Kier alpha value is -2.08. The van der Waals surface area contributed by atoms with Crippen LogP contribution >= 0.6 is 0 Å². The number of rotatable bonds is 6. The Morgan fingerprint density at radius 2 is 2.17 bits per heavy atom. The fourth-order valence-electron chi connectivity index (χ4n) is 2.25. The van der Waals surface area contributed by atoms with Crippen LogP contribution in [0.25, 0.3) is 0 Å². The van der Waals surface area contributed by atoms with E-state index < -0.39 is 17.4 Å². The molecule has 1 aliphatic heterocycles. The average molecular weight is 320 g/mol. The van der Waals surface area contributed by atoms with E-state index in [0.717, 1.165) is 5.56 Å². The molecule has 1 aromatic carbocycles. The van der Waals surface area contributed by atoms with Gasteiger partial charge in [-0.1, -0.05) is 6.07 Å². The summed E-state index contributed by atoms with van der Waals surface area (Å²) in [5.74, 6) is -0.423. The SMILES string of the molecule is Cc1ccc2c(c1)NC(=O)C(C)(C(=O)NCCCOC(C)C)O2. The smallest absolute Gasteiger partial charge is 0.278 e. The largest absolute Gasteiger partial charge is 0.466 e. The van der Waals surface area contributed by atoms with Gasteiger partial charge in [-0.05, 0) is 51.8 Å². The van der Waals surface area contributed by atoms with Crippen molar-refractivity contribution < 1.29 is 19.1 Å². The predicted octanol–water partition coefficient (Wildman–Crippen LogP) is 2.02. The molecule has 0 saturated carbocycles. The van der Waals surface area contributed by atoms with E-state index in [4.69, 9.17) is 9.47 Å². The van der Waals surface area contributed by atoms with E-state index in [0.29, 0.717) is 31.0 Å². The molecule has 0 bridgehead atoms. The maximum atomic E-state index is 12.4. The maximum Gasteiger partial charge on any atom is 0.278 e. The third-order valence-electron chi connectivity index (χ3n) is 3.62. The molecule has 2 rings (SSSR count). The molecule has 126 valence electrons. The van der Waals surface area contributed by atoms with E-state index in [2.05, 4.69) is 10.6 Å². The molecule has 23 heavy (non-hydrogen) atoms. The number of hydrogen-bond donors (Lipinski definition) is 2. The third-order valence-corrected chi connectivity index (χ3v) is 3.62. The number of aryl methyl sites for hydroxylation is 1. The van der Waals surface area contributed by atoms with Crippen LogP contribution in [0, 0.1) is 6.92 Å². The molecule has 0 aromatic heterocycles. The average Bonchev–Trinajstić information content (AvgIpc) is 2.48. The molecule has 1 unspecified atom stereocenters. The van der Waals surface area contributed by atoms with Crippen LogP contribution in [0.15, 0.2) is 18.2 Å². The van der Waals surface area contributed by atoms with Crippen LogP contribution in [0.4, 0.5) is 5.69 Å². The molecule has 1 atom stereocenters. The second-order valence-corrected chi connectivity index (χ2v) is 6.12. The number of nitrogens with one attached hydrogen (secondary N) is 2. The summed E-state index contributed by atoms with van der Waals surface area (Å²) >= 11 is 0. The van der Waals surface area contributed by atoms with Crippen molar-refractivity contribution in [2.45, 2.75) is 45.8 Å². The summed E-state index contributed by atoms with van der Waals surface area (Å²) in [6.07, 6.45) is 0.841. The molecular formula is C17H24N2O4. The van der Waals surface area contributed by atoms with Crippen LogP contribution in [-0.2, 0) is 14.3 Å². The predicted molar refractivity (Wildman–Crippen MR) is 87.6 cm³/mol. The summed E-state index contributed by atoms with van der Waals surface area (Å²) in [5, 5.41) is 5.47. The Bertz CT molecular complexity index is 600. The molecule has 0 spiro atoms. The molecule has 2 N–H and O–H groups in total. The van der Waals surface area contributed by atoms with Crippen LogP contribution in [0.2, 0.25) is 0 Å². The second-order valence-electron chi connectivity index (χ2n) is 6.12. The lowest BCUT2D eigenvalue weighted by Gasteiger charge is -2.33. The van der Waals surface area contributed by atoms with Gasteiger partial charge in [0.25, 0.3) is 17.4 Å². The van der Waals surface area contributed by atoms with Gasteiger partial charge < -0.3 is 20.1 Å². The second kappa shape index (κ2) is 7.00. The van der Waals surface area contributed by atoms with E-state index in [1.807, 2.05) is 32.9 Å². The van der Waals surface area contributed by atoms with E-state index >= 15 is 0 Å². The molecule has 0 aliphatic carbocycles. The van der Waals surface area contributed by atoms with E-state index in [1.165, 1.54) is 6.92 Å². The monoisotopic (exact) mass is 320 g/mol. The van der Waals surface area contributed by atoms with E-state index in [1.54, 1.807) is 6.07 Å². The van der Waals surface area contributed by atoms with E-state index in [9.17, 15) is 9.59 Å². The van der Waals surface area contributed by atoms with Gasteiger partial charge in [-0.15, -0.1) is 0 Å². The highest BCUT2D eigenvalue weighted by Crippen LogP contribution is 2.34. The Morgan fingerprint density at radius 1 is 1.43 bits per heavy atom. The first-order chi connectivity index (χ1) is 10.8. The number of carbonyl (C=O) groups excluding carboxylic acids is 2. The zero-order valence-electron chi connectivity index (χ0n) is 14.1. The lowest BCUT2D eigenvalue weighted by atomic mass is 10.0. The first-order valence-electron chi connectivity index (χ1n) is 7.84. The molecule has 1 aromatic rings. The summed E-state index contributed by atoms with van der Waals surface area (Å²) in [4.78, 5) is 24.7. The molecule has 0 radical (unpaired) electrons. The summed E-state index contributed by atoms with van der Waals surface area (Å²) in [5.41, 5.74) is 0.0257. The zero-order chi connectivity index (χ0) is 17.0. The molecule has 1 heterocycles. The van der Waals surface area contributed by atoms with Gasteiger partial charge in [0, 0.05) is 13.2 Å². The standard InChI is InChI=1S/C17H24N2O4/c1-11(2)22-9-5-8-18-15(20)17(4)16(21)19-13-10-12(3)6-7-14(13)23-17/h6-7,10-11H,5,8-9H2,1-4H3,(H,18,20)(H,19,21). The van der Waals surface area contributed by atoms with Crippen LogP contribution in [0.1, 0.15) is 32.8 Å². The minimum atomic E-state index is -1.57. The van der Waals surface area contributed by atoms with Crippen molar-refractivity contribution in [1.29, 1.82) is 0 Å². The van der Waals surface area contributed by atoms with Gasteiger partial charge in [0.2, 0.25) is 0 Å². The van der Waals surface area contributed by atoms with Gasteiger partial charge >= 0.3 is 0 Å². The summed E-state index contributed by atoms with van der Waals surface area (Å²) in [7, 11) is 0. The fourth-order valence-corrected chi connectivity index (χ4v) is 2.25. The minimum Gasteiger partial charge on any atom is -0.466 e. The number of carbonyl (C=O) groups is 2. The van der Waals surface area contributed by atoms with Gasteiger partial charge in [-0.3, -0.25) is 9.59 Å². The van der Waals surface area contributed by atoms with Crippen LogP contribution < -0.4 is 15.4 Å². The van der Waals surface area contributed by atoms with Crippen LogP contribution in [-0.4, -0.2) is 36.7 Å². The van der Waals surface area contributed by atoms with Crippen molar-refractivity contribution >= 4 is 17.5 Å². The number of benzene rings is 1. The number of anilines is 1. The number of amides is 2. The molecular weight excluding hydrogens is 296 g/mol. The van der Waals surface area contributed by atoms with Gasteiger partial charge in [-0.25, -0.2) is 0 Å². The molecule has 6 nitrogen and oxygen atoms in total.